The molecule has 0 aromatic heterocycles. The van der Waals surface area contributed by atoms with Crippen molar-refractivity contribution in [3.05, 3.63) is 22.8 Å². The Morgan fingerprint density at radius 2 is 2.00 bits per heavy atom. The first kappa shape index (κ1) is 9.51. The van der Waals surface area contributed by atoms with Crippen molar-refractivity contribution in [1.82, 2.24) is 0 Å². The lowest BCUT2D eigenvalue weighted by Crippen LogP contribution is -2.03. The third kappa shape index (κ3) is 1.33. The second kappa shape index (κ2) is 3.40. The van der Waals surface area contributed by atoms with Crippen LogP contribution in [0.5, 0.6) is 11.5 Å². The molecule has 1 aromatic carbocycles. The molecule has 2 aliphatic heterocycles. The van der Waals surface area contributed by atoms with Crippen LogP contribution in [0, 0.1) is 0 Å². The quantitative estimate of drug-likeness (QED) is 0.813. The number of benzene rings is 1. The van der Waals surface area contributed by atoms with Crippen LogP contribution in [0.4, 0.5) is 0 Å². The van der Waals surface area contributed by atoms with Crippen LogP contribution >= 0.6 is 0 Å². The highest BCUT2D eigenvalue weighted by molar-refractivity contribution is 5.73. The van der Waals surface area contributed by atoms with Crippen molar-refractivity contribution in [2.75, 3.05) is 13.2 Å². The van der Waals surface area contributed by atoms with Crippen molar-refractivity contribution < 1.29 is 19.4 Å². The molecule has 0 amide bonds. The lowest BCUT2D eigenvalue weighted by molar-refractivity contribution is -0.136. The zero-order valence-corrected chi connectivity index (χ0v) is 8.78. The summed E-state index contributed by atoms with van der Waals surface area (Å²) in [5.41, 5.74) is 2.98. The maximum Gasteiger partial charge on any atom is 0.307 e. The first-order chi connectivity index (χ1) is 7.75. The van der Waals surface area contributed by atoms with Gasteiger partial charge >= 0.3 is 5.97 Å². The van der Waals surface area contributed by atoms with E-state index < -0.39 is 5.97 Å². The molecule has 2 heterocycles. The van der Waals surface area contributed by atoms with Gasteiger partial charge < -0.3 is 14.6 Å². The zero-order valence-electron chi connectivity index (χ0n) is 8.78. The number of hydrogen-bond acceptors (Lipinski definition) is 3. The van der Waals surface area contributed by atoms with Gasteiger partial charge in [-0.2, -0.15) is 0 Å². The molecule has 0 saturated carbocycles. The average molecular weight is 220 g/mol. The van der Waals surface area contributed by atoms with Crippen molar-refractivity contribution in [2.45, 2.75) is 19.3 Å². The SMILES string of the molecule is O=C(O)Cc1cc2c(c3c1CCO3)OCC2. The minimum absolute atomic E-state index is 0.0684. The van der Waals surface area contributed by atoms with Crippen LogP contribution in [0.2, 0.25) is 0 Å². The summed E-state index contributed by atoms with van der Waals surface area (Å²) in [6.45, 7) is 1.30. The molecule has 3 rings (SSSR count). The summed E-state index contributed by atoms with van der Waals surface area (Å²) in [6, 6.07) is 1.96. The highest BCUT2D eigenvalue weighted by atomic mass is 16.5. The van der Waals surface area contributed by atoms with E-state index in [0.717, 1.165) is 41.0 Å². The van der Waals surface area contributed by atoms with E-state index in [4.69, 9.17) is 14.6 Å². The maximum atomic E-state index is 10.8. The Bertz CT molecular complexity index is 465. The maximum absolute atomic E-state index is 10.8. The number of aliphatic carboxylic acids is 1. The number of fused-ring (bicyclic) bond motifs is 3. The van der Waals surface area contributed by atoms with Crippen molar-refractivity contribution in [3.63, 3.8) is 0 Å². The molecule has 4 heteroatoms. The normalized spacial score (nSPS) is 16.2. The van der Waals surface area contributed by atoms with Crippen LogP contribution < -0.4 is 9.47 Å². The molecule has 1 aromatic rings. The van der Waals surface area contributed by atoms with E-state index in [9.17, 15) is 4.79 Å². The fourth-order valence-corrected chi connectivity index (χ4v) is 2.40. The predicted molar refractivity (Wildman–Crippen MR) is 56.2 cm³/mol. The fourth-order valence-electron chi connectivity index (χ4n) is 2.40. The summed E-state index contributed by atoms with van der Waals surface area (Å²) < 4.78 is 11.1. The van der Waals surface area contributed by atoms with Crippen LogP contribution in [0.15, 0.2) is 6.07 Å². The van der Waals surface area contributed by atoms with Gasteiger partial charge in [-0.15, -0.1) is 0 Å². The second-order valence-electron chi connectivity index (χ2n) is 4.10. The van der Waals surface area contributed by atoms with E-state index in [1.165, 1.54) is 0 Å². The van der Waals surface area contributed by atoms with Crippen molar-refractivity contribution in [2.24, 2.45) is 0 Å². The van der Waals surface area contributed by atoms with Crippen LogP contribution in [0.1, 0.15) is 16.7 Å². The lowest BCUT2D eigenvalue weighted by atomic mass is 9.98. The van der Waals surface area contributed by atoms with Gasteiger partial charge in [0.05, 0.1) is 19.6 Å². The lowest BCUT2D eigenvalue weighted by Gasteiger charge is -2.09. The van der Waals surface area contributed by atoms with Gasteiger partial charge in [0.1, 0.15) is 0 Å². The molecule has 0 fully saturated rings. The predicted octanol–water partition coefficient (Wildman–Crippen LogP) is 1.18. The van der Waals surface area contributed by atoms with Crippen LogP contribution in [-0.2, 0) is 24.1 Å². The van der Waals surface area contributed by atoms with E-state index in [2.05, 4.69) is 0 Å². The number of carboxylic acid groups (broad SMARTS) is 1. The number of ether oxygens (including phenoxy) is 2. The minimum Gasteiger partial charge on any atom is -0.489 e. The van der Waals surface area contributed by atoms with Gasteiger partial charge in [-0.25, -0.2) is 0 Å². The molecule has 1 N–H and O–H groups in total. The topological polar surface area (TPSA) is 55.8 Å². The monoisotopic (exact) mass is 220 g/mol. The Kier molecular flexibility index (Phi) is 2.02. The Morgan fingerprint density at radius 1 is 1.25 bits per heavy atom. The summed E-state index contributed by atoms with van der Waals surface area (Å²) in [7, 11) is 0. The molecular formula is C12H12O4. The highest BCUT2D eigenvalue weighted by Gasteiger charge is 2.27. The summed E-state index contributed by atoms with van der Waals surface area (Å²) in [5.74, 6) is 0.820. The van der Waals surface area contributed by atoms with E-state index in [1.807, 2.05) is 6.07 Å². The number of rotatable bonds is 2. The average Bonchev–Trinajstić information content (AvgIpc) is 2.82. The first-order valence-corrected chi connectivity index (χ1v) is 5.40. The number of hydrogen-bond donors (Lipinski definition) is 1. The van der Waals surface area contributed by atoms with Crippen molar-refractivity contribution in [1.29, 1.82) is 0 Å². The second-order valence-corrected chi connectivity index (χ2v) is 4.10. The molecule has 84 valence electrons. The van der Waals surface area contributed by atoms with E-state index >= 15 is 0 Å². The Morgan fingerprint density at radius 3 is 2.81 bits per heavy atom. The van der Waals surface area contributed by atoms with Crippen LogP contribution in [-0.4, -0.2) is 24.3 Å². The summed E-state index contributed by atoms with van der Waals surface area (Å²) in [5, 5.41) is 8.87. The van der Waals surface area contributed by atoms with Gasteiger partial charge in [-0.05, 0) is 5.56 Å². The fraction of sp³-hybridized carbons (Fsp3) is 0.417. The van der Waals surface area contributed by atoms with Crippen LogP contribution in [0.3, 0.4) is 0 Å². The third-order valence-corrected chi connectivity index (χ3v) is 3.07. The standard InChI is InChI=1S/C12H12O4/c13-10(14)6-8-5-7-1-3-15-11(7)12-9(8)2-4-16-12/h5H,1-4,6H2,(H,13,14). The van der Waals surface area contributed by atoms with E-state index in [1.54, 1.807) is 0 Å². The molecule has 0 radical (unpaired) electrons. The largest absolute Gasteiger partial charge is 0.489 e. The molecule has 0 spiro atoms. The van der Waals surface area contributed by atoms with Gasteiger partial charge in [0.2, 0.25) is 0 Å². The molecule has 16 heavy (non-hydrogen) atoms. The number of carbonyl (C=O) groups is 1. The molecule has 0 saturated heterocycles. The smallest absolute Gasteiger partial charge is 0.307 e. The van der Waals surface area contributed by atoms with Gasteiger partial charge in [0, 0.05) is 24.0 Å². The summed E-state index contributed by atoms with van der Waals surface area (Å²) in [6.07, 6.45) is 1.70. The summed E-state index contributed by atoms with van der Waals surface area (Å²) >= 11 is 0. The number of carboxylic acids is 1. The third-order valence-electron chi connectivity index (χ3n) is 3.07. The summed E-state index contributed by atoms with van der Waals surface area (Å²) in [4.78, 5) is 10.8. The molecule has 0 atom stereocenters. The highest BCUT2D eigenvalue weighted by Crippen LogP contribution is 2.43. The molecular weight excluding hydrogens is 208 g/mol. The van der Waals surface area contributed by atoms with Crippen molar-refractivity contribution >= 4 is 5.97 Å². The molecule has 2 aliphatic rings. The molecule has 0 bridgehead atoms. The zero-order chi connectivity index (χ0) is 11.1. The minimum atomic E-state index is -0.798. The first-order valence-electron chi connectivity index (χ1n) is 5.40. The Balaban J connectivity index is 2.12. The molecule has 4 nitrogen and oxygen atoms in total. The van der Waals surface area contributed by atoms with Gasteiger partial charge in [-0.3, -0.25) is 4.79 Å². The van der Waals surface area contributed by atoms with Gasteiger partial charge in [-0.1, -0.05) is 6.07 Å². The van der Waals surface area contributed by atoms with Gasteiger partial charge in [0.15, 0.2) is 11.5 Å². The van der Waals surface area contributed by atoms with E-state index in [-0.39, 0.29) is 6.42 Å². The Hall–Kier alpha value is -1.71. The molecule has 0 aliphatic carbocycles. The molecule has 0 unspecified atom stereocenters. The van der Waals surface area contributed by atoms with Gasteiger partial charge in [0.25, 0.3) is 0 Å². The Labute approximate surface area is 92.8 Å². The van der Waals surface area contributed by atoms with E-state index in [0.29, 0.717) is 13.2 Å². The van der Waals surface area contributed by atoms with Crippen LogP contribution in [0.25, 0.3) is 0 Å². The van der Waals surface area contributed by atoms with Crippen molar-refractivity contribution in [3.8, 4) is 11.5 Å².